The lowest BCUT2D eigenvalue weighted by Crippen LogP contribution is -2.28. The largest absolute Gasteiger partial charge is 0.489 e. The molecule has 0 aliphatic carbocycles. The Hall–Kier alpha value is -3.41. The molecule has 0 saturated heterocycles. The second-order valence-electron chi connectivity index (χ2n) is 5.34. The molecule has 2 amide bonds. The molecule has 0 radical (unpaired) electrons. The molecule has 3 aromatic rings. The van der Waals surface area contributed by atoms with Crippen molar-refractivity contribution in [2.24, 2.45) is 0 Å². The maximum absolute atomic E-state index is 11.9. The molecule has 0 unspecified atom stereocenters. The zero-order valence-corrected chi connectivity index (χ0v) is 13.6. The fourth-order valence-electron chi connectivity index (χ4n) is 2.14. The van der Waals surface area contributed by atoms with Crippen molar-refractivity contribution in [3.63, 3.8) is 0 Å². The van der Waals surface area contributed by atoms with E-state index in [0.717, 1.165) is 16.9 Å². The van der Waals surface area contributed by atoms with E-state index in [-0.39, 0.29) is 6.03 Å². The van der Waals surface area contributed by atoms with Crippen molar-refractivity contribution < 1.29 is 9.53 Å². The molecular weight excluding hydrogens is 316 g/mol. The van der Waals surface area contributed by atoms with Crippen LogP contribution in [0, 0.1) is 0 Å². The normalized spacial score (nSPS) is 10.1. The molecule has 2 heterocycles. The maximum atomic E-state index is 11.9. The lowest BCUT2D eigenvalue weighted by Gasteiger charge is -2.09. The number of aromatic nitrogens is 2. The molecule has 0 spiro atoms. The van der Waals surface area contributed by atoms with Gasteiger partial charge in [-0.1, -0.05) is 12.1 Å². The third kappa shape index (κ3) is 5.31. The molecular formula is C19H18N4O2. The van der Waals surface area contributed by atoms with Gasteiger partial charge in [0, 0.05) is 42.6 Å². The number of anilines is 1. The van der Waals surface area contributed by atoms with E-state index in [1.165, 1.54) is 0 Å². The van der Waals surface area contributed by atoms with Gasteiger partial charge < -0.3 is 15.4 Å². The van der Waals surface area contributed by atoms with Gasteiger partial charge >= 0.3 is 6.03 Å². The average Bonchev–Trinajstić information content (AvgIpc) is 2.67. The molecule has 1 aromatic carbocycles. The zero-order chi connectivity index (χ0) is 17.3. The van der Waals surface area contributed by atoms with E-state index in [9.17, 15) is 4.79 Å². The smallest absolute Gasteiger partial charge is 0.319 e. The molecule has 0 atom stereocenters. The zero-order valence-electron chi connectivity index (χ0n) is 13.6. The molecule has 25 heavy (non-hydrogen) atoms. The molecule has 0 aliphatic heterocycles. The van der Waals surface area contributed by atoms with Gasteiger partial charge in [0.2, 0.25) is 0 Å². The van der Waals surface area contributed by atoms with Crippen molar-refractivity contribution >= 4 is 11.7 Å². The third-order valence-corrected chi connectivity index (χ3v) is 3.42. The summed E-state index contributed by atoms with van der Waals surface area (Å²) in [6.45, 7) is 0.873. The van der Waals surface area contributed by atoms with Crippen LogP contribution in [0.3, 0.4) is 0 Å². The van der Waals surface area contributed by atoms with Crippen molar-refractivity contribution in [1.82, 2.24) is 15.3 Å². The molecule has 3 rings (SSSR count). The lowest BCUT2D eigenvalue weighted by molar-refractivity contribution is 0.251. The van der Waals surface area contributed by atoms with Crippen molar-refractivity contribution in [2.75, 3.05) is 5.32 Å². The van der Waals surface area contributed by atoms with Crippen LogP contribution < -0.4 is 15.4 Å². The van der Waals surface area contributed by atoms with Gasteiger partial charge in [0.1, 0.15) is 12.4 Å². The number of rotatable bonds is 6. The quantitative estimate of drug-likeness (QED) is 0.724. The summed E-state index contributed by atoms with van der Waals surface area (Å²) in [4.78, 5) is 20.0. The molecule has 0 fully saturated rings. The van der Waals surface area contributed by atoms with Gasteiger partial charge in [0.15, 0.2) is 0 Å². The van der Waals surface area contributed by atoms with Crippen molar-refractivity contribution in [1.29, 1.82) is 0 Å². The van der Waals surface area contributed by atoms with Crippen LogP contribution in [-0.2, 0) is 13.2 Å². The fourth-order valence-corrected chi connectivity index (χ4v) is 2.14. The van der Waals surface area contributed by atoms with Crippen LogP contribution in [0.1, 0.15) is 11.1 Å². The molecule has 0 aliphatic rings. The van der Waals surface area contributed by atoms with Gasteiger partial charge in [-0.2, -0.15) is 0 Å². The van der Waals surface area contributed by atoms with E-state index in [0.29, 0.717) is 18.8 Å². The first-order valence-corrected chi connectivity index (χ1v) is 7.85. The minimum absolute atomic E-state index is 0.270. The number of ether oxygens (including phenoxy) is 1. The molecule has 0 bridgehead atoms. The Labute approximate surface area is 145 Å². The second kappa shape index (κ2) is 8.44. The number of carbonyl (C=O) groups is 1. The summed E-state index contributed by atoms with van der Waals surface area (Å²) in [7, 11) is 0. The highest BCUT2D eigenvalue weighted by Crippen LogP contribution is 2.17. The van der Waals surface area contributed by atoms with E-state index in [1.54, 1.807) is 36.9 Å². The standard InChI is InChI=1S/C19H18N4O2/c24-19(22-13-15-3-1-9-20-11-15)23-17-5-7-18(8-6-17)25-14-16-4-2-10-21-12-16/h1-12H,13-14H2,(H2,22,23,24). The van der Waals surface area contributed by atoms with Crippen molar-refractivity contribution in [3.05, 3.63) is 84.4 Å². The van der Waals surface area contributed by atoms with Crippen molar-refractivity contribution in [2.45, 2.75) is 13.2 Å². The van der Waals surface area contributed by atoms with Crippen molar-refractivity contribution in [3.8, 4) is 5.75 Å². The van der Waals surface area contributed by atoms with Gasteiger partial charge in [0.05, 0.1) is 0 Å². The van der Waals surface area contributed by atoms with Gasteiger partial charge in [-0.15, -0.1) is 0 Å². The van der Waals surface area contributed by atoms with Crippen LogP contribution in [0.4, 0.5) is 10.5 Å². The first-order chi connectivity index (χ1) is 12.3. The van der Waals surface area contributed by atoms with Gasteiger partial charge in [-0.3, -0.25) is 9.97 Å². The Morgan fingerprint density at radius 3 is 2.24 bits per heavy atom. The van der Waals surface area contributed by atoms with E-state index >= 15 is 0 Å². The minimum atomic E-state index is -0.270. The highest BCUT2D eigenvalue weighted by atomic mass is 16.5. The topological polar surface area (TPSA) is 76.1 Å². The SMILES string of the molecule is O=C(NCc1cccnc1)Nc1ccc(OCc2cccnc2)cc1. The summed E-state index contributed by atoms with van der Waals surface area (Å²) in [5.41, 5.74) is 2.63. The van der Waals surface area contributed by atoms with Crippen LogP contribution >= 0.6 is 0 Å². The first-order valence-electron chi connectivity index (χ1n) is 7.85. The van der Waals surface area contributed by atoms with E-state index < -0.39 is 0 Å². The predicted molar refractivity (Wildman–Crippen MR) is 95.1 cm³/mol. The maximum Gasteiger partial charge on any atom is 0.319 e. The summed E-state index contributed by atoms with van der Waals surface area (Å²) in [5, 5.41) is 5.56. The summed E-state index contributed by atoms with van der Waals surface area (Å²) in [6, 6.07) is 14.5. The highest BCUT2D eigenvalue weighted by Gasteiger charge is 2.02. The second-order valence-corrected chi connectivity index (χ2v) is 5.34. The molecule has 2 N–H and O–H groups in total. The Balaban J connectivity index is 1.46. The Morgan fingerprint density at radius 1 is 0.920 bits per heavy atom. The third-order valence-electron chi connectivity index (χ3n) is 3.42. The number of hydrogen-bond acceptors (Lipinski definition) is 4. The monoisotopic (exact) mass is 334 g/mol. The first kappa shape index (κ1) is 16.4. The number of benzene rings is 1. The summed E-state index contributed by atoms with van der Waals surface area (Å²) < 4.78 is 5.68. The highest BCUT2D eigenvalue weighted by molar-refractivity contribution is 5.89. The van der Waals surface area contributed by atoms with Crippen LogP contribution in [0.5, 0.6) is 5.75 Å². The number of nitrogens with zero attached hydrogens (tertiary/aromatic N) is 2. The fraction of sp³-hybridized carbons (Fsp3) is 0.105. The summed E-state index contributed by atoms with van der Waals surface area (Å²) in [5.74, 6) is 0.727. The molecule has 6 nitrogen and oxygen atoms in total. The summed E-state index contributed by atoms with van der Waals surface area (Å²) in [6.07, 6.45) is 6.90. The minimum Gasteiger partial charge on any atom is -0.489 e. The van der Waals surface area contributed by atoms with E-state index in [4.69, 9.17) is 4.74 Å². The number of hydrogen-bond donors (Lipinski definition) is 2. The number of amides is 2. The van der Waals surface area contributed by atoms with E-state index in [1.807, 2.05) is 36.4 Å². The average molecular weight is 334 g/mol. The number of nitrogens with one attached hydrogen (secondary N) is 2. The van der Waals surface area contributed by atoms with E-state index in [2.05, 4.69) is 20.6 Å². The predicted octanol–water partition coefficient (Wildman–Crippen LogP) is 3.38. The molecule has 2 aromatic heterocycles. The number of carbonyl (C=O) groups excluding carboxylic acids is 1. The molecule has 126 valence electrons. The summed E-state index contributed by atoms with van der Waals surface area (Å²) >= 11 is 0. The van der Waals surface area contributed by atoms with Crippen LogP contribution in [-0.4, -0.2) is 16.0 Å². The Bertz CT molecular complexity index is 793. The number of urea groups is 1. The van der Waals surface area contributed by atoms with Gasteiger partial charge in [-0.05, 0) is 42.0 Å². The van der Waals surface area contributed by atoms with Gasteiger partial charge in [-0.25, -0.2) is 4.79 Å². The Morgan fingerprint density at radius 2 is 1.60 bits per heavy atom. The van der Waals surface area contributed by atoms with Gasteiger partial charge in [0.25, 0.3) is 0 Å². The lowest BCUT2D eigenvalue weighted by atomic mass is 10.3. The molecule has 0 saturated carbocycles. The van der Waals surface area contributed by atoms with Crippen LogP contribution in [0.2, 0.25) is 0 Å². The Kier molecular flexibility index (Phi) is 5.56. The number of pyridine rings is 2. The van der Waals surface area contributed by atoms with Crippen LogP contribution in [0.15, 0.2) is 73.3 Å². The molecule has 6 heteroatoms. The van der Waals surface area contributed by atoms with Crippen LogP contribution in [0.25, 0.3) is 0 Å².